The molecule has 0 bridgehead atoms. The maximum absolute atomic E-state index is 6.38. The molecule has 0 atom stereocenters. The highest BCUT2D eigenvalue weighted by molar-refractivity contribution is 6.80. The summed E-state index contributed by atoms with van der Waals surface area (Å²) in [5.41, 5.74) is 0. The molecule has 0 aromatic heterocycles. The Morgan fingerprint density at radius 1 is 0.824 bits per heavy atom. The van der Waals surface area contributed by atoms with Gasteiger partial charge in [0.1, 0.15) is 0 Å². The lowest BCUT2D eigenvalue weighted by Gasteiger charge is -2.38. The summed E-state index contributed by atoms with van der Waals surface area (Å²) in [6.45, 7) is 16.8. The van der Waals surface area contributed by atoms with Crippen LogP contribution in [0.3, 0.4) is 0 Å². The van der Waals surface area contributed by atoms with Gasteiger partial charge in [-0.25, -0.2) is 0 Å². The molecule has 0 aromatic rings. The molecule has 0 saturated carbocycles. The summed E-state index contributed by atoms with van der Waals surface area (Å²) in [7, 11) is -4.15. The Hall–Kier alpha value is 0.314. The highest BCUT2D eigenvalue weighted by Crippen LogP contribution is 2.26. The van der Waals surface area contributed by atoms with Gasteiger partial charge in [-0.3, -0.25) is 0 Å². The molecule has 0 aliphatic carbocycles. The van der Waals surface area contributed by atoms with Gasteiger partial charge in [0.05, 0.1) is 0 Å². The van der Waals surface area contributed by atoms with Crippen LogP contribution in [-0.4, -0.2) is 29.3 Å². The van der Waals surface area contributed by atoms with Crippen LogP contribution >= 0.6 is 0 Å². The predicted octanol–water partition coefficient (Wildman–Crippen LogP) is 4.04. The maximum atomic E-state index is 6.38. The average Bonchev–Trinajstić information content (AvgIpc) is 2.13. The fraction of sp³-hybridized carbons (Fsp3) is 1.00. The van der Waals surface area contributed by atoms with Crippen molar-refractivity contribution in [1.82, 2.24) is 0 Å². The SMILES string of the molecule is CC[Si](CC)(OC(C)C)O[Si](C)(C)OC(C)C. The third-order valence-corrected chi connectivity index (χ3v) is 10.0. The van der Waals surface area contributed by atoms with Crippen molar-refractivity contribution >= 4 is 17.1 Å². The van der Waals surface area contributed by atoms with Crippen molar-refractivity contribution in [1.29, 1.82) is 0 Å². The van der Waals surface area contributed by atoms with Crippen LogP contribution in [0.2, 0.25) is 25.2 Å². The van der Waals surface area contributed by atoms with Gasteiger partial charge in [0.15, 0.2) is 0 Å². The number of rotatable bonds is 8. The zero-order valence-corrected chi connectivity index (χ0v) is 14.8. The second kappa shape index (κ2) is 7.04. The van der Waals surface area contributed by atoms with Crippen LogP contribution in [-0.2, 0) is 13.0 Å². The molecule has 0 spiro atoms. The van der Waals surface area contributed by atoms with Crippen molar-refractivity contribution < 1.29 is 13.0 Å². The Kier molecular flexibility index (Phi) is 7.17. The first-order valence-electron chi connectivity index (χ1n) is 6.72. The smallest absolute Gasteiger partial charge is 0.329 e. The zero-order chi connectivity index (χ0) is 13.7. The first kappa shape index (κ1) is 17.3. The van der Waals surface area contributed by atoms with Crippen LogP contribution in [0.5, 0.6) is 0 Å². The van der Waals surface area contributed by atoms with E-state index in [-0.39, 0.29) is 12.2 Å². The molecule has 0 saturated heterocycles. The second-order valence-corrected chi connectivity index (χ2v) is 12.8. The van der Waals surface area contributed by atoms with Crippen LogP contribution in [0.4, 0.5) is 0 Å². The van der Waals surface area contributed by atoms with Gasteiger partial charge in [0.25, 0.3) is 0 Å². The van der Waals surface area contributed by atoms with Crippen molar-refractivity contribution in [3.8, 4) is 0 Å². The standard InChI is InChI=1S/C12H30O3Si2/c1-9-17(10-2,14-12(5)6)15-16(7,8)13-11(3)4/h11-12H,9-10H2,1-8H3. The lowest BCUT2D eigenvalue weighted by atomic mass is 10.5. The van der Waals surface area contributed by atoms with E-state index in [1.807, 2.05) is 0 Å². The van der Waals surface area contributed by atoms with E-state index in [1.165, 1.54) is 0 Å². The largest absolute Gasteiger partial charge is 0.415 e. The first-order valence-corrected chi connectivity index (χ1v) is 11.8. The highest BCUT2D eigenvalue weighted by atomic mass is 28.5. The molecule has 0 aliphatic heterocycles. The van der Waals surface area contributed by atoms with Gasteiger partial charge in [-0.15, -0.1) is 0 Å². The van der Waals surface area contributed by atoms with Crippen molar-refractivity contribution in [2.75, 3.05) is 0 Å². The molecule has 3 nitrogen and oxygen atoms in total. The minimum absolute atomic E-state index is 0.219. The summed E-state index contributed by atoms with van der Waals surface area (Å²) in [5, 5.41) is 0. The third-order valence-electron chi connectivity index (χ3n) is 2.48. The van der Waals surface area contributed by atoms with Crippen LogP contribution in [0.1, 0.15) is 41.5 Å². The van der Waals surface area contributed by atoms with Crippen molar-refractivity contribution in [3.63, 3.8) is 0 Å². The van der Waals surface area contributed by atoms with E-state index in [4.69, 9.17) is 13.0 Å². The molecule has 0 aromatic carbocycles. The number of hydrogen-bond acceptors (Lipinski definition) is 3. The highest BCUT2D eigenvalue weighted by Gasteiger charge is 2.42. The van der Waals surface area contributed by atoms with Gasteiger partial charge in [-0.05, 0) is 52.9 Å². The van der Waals surface area contributed by atoms with Gasteiger partial charge in [0, 0.05) is 12.2 Å². The van der Waals surface area contributed by atoms with Gasteiger partial charge >= 0.3 is 17.1 Å². The van der Waals surface area contributed by atoms with E-state index in [1.54, 1.807) is 0 Å². The first-order chi connectivity index (χ1) is 7.66. The summed E-state index contributed by atoms with van der Waals surface area (Å²) in [6.07, 6.45) is 0.446. The molecule has 0 amide bonds. The lowest BCUT2D eigenvalue weighted by Crippen LogP contribution is -2.53. The van der Waals surface area contributed by atoms with Crippen molar-refractivity contribution in [2.24, 2.45) is 0 Å². The summed E-state index contributed by atoms with van der Waals surface area (Å²) in [5.74, 6) is 0. The minimum atomic E-state index is -2.07. The molecule has 0 unspecified atom stereocenters. The van der Waals surface area contributed by atoms with Crippen LogP contribution in [0.15, 0.2) is 0 Å². The fourth-order valence-corrected chi connectivity index (χ4v) is 10.0. The molecule has 5 heteroatoms. The van der Waals surface area contributed by atoms with Gasteiger partial charge in [-0.1, -0.05) is 13.8 Å². The maximum Gasteiger partial charge on any atom is 0.329 e. The third kappa shape index (κ3) is 6.71. The zero-order valence-electron chi connectivity index (χ0n) is 12.8. The molecule has 0 radical (unpaired) electrons. The van der Waals surface area contributed by atoms with E-state index in [2.05, 4.69) is 54.6 Å². The normalized spacial score (nSPS) is 13.8. The molecular formula is C12H30O3Si2. The van der Waals surface area contributed by atoms with Crippen molar-refractivity contribution in [2.45, 2.75) is 78.9 Å². The summed E-state index contributed by atoms with van der Waals surface area (Å²) in [4.78, 5) is 0. The van der Waals surface area contributed by atoms with Gasteiger partial charge < -0.3 is 13.0 Å². The van der Waals surface area contributed by atoms with Gasteiger partial charge in [-0.2, -0.15) is 0 Å². The van der Waals surface area contributed by atoms with E-state index in [0.717, 1.165) is 12.1 Å². The monoisotopic (exact) mass is 278 g/mol. The van der Waals surface area contributed by atoms with Gasteiger partial charge in [0.2, 0.25) is 0 Å². The Bertz CT molecular complexity index is 214. The molecule has 17 heavy (non-hydrogen) atoms. The lowest BCUT2D eigenvalue weighted by molar-refractivity contribution is 0.138. The molecule has 104 valence electrons. The van der Waals surface area contributed by atoms with Crippen LogP contribution in [0.25, 0.3) is 0 Å². The Labute approximate surface area is 109 Å². The summed E-state index contributed by atoms with van der Waals surface area (Å²) in [6, 6.07) is 1.97. The molecule has 0 rings (SSSR count). The van der Waals surface area contributed by atoms with Crippen LogP contribution < -0.4 is 0 Å². The molecule has 0 aliphatic rings. The molecular weight excluding hydrogens is 248 g/mol. The average molecular weight is 279 g/mol. The molecule has 0 N–H and O–H groups in total. The second-order valence-electron chi connectivity index (χ2n) is 5.45. The van der Waals surface area contributed by atoms with E-state index < -0.39 is 17.1 Å². The quantitative estimate of drug-likeness (QED) is 0.627. The van der Waals surface area contributed by atoms with Crippen LogP contribution in [0, 0.1) is 0 Å². The van der Waals surface area contributed by atoms with E-state index in [9.17, 15) is 0 Å². The Morgan fingerprint density at radius 2 is 1.24 bits per heavy atom. The fourth-order valence-electron chi connectivity index (χ4n) is 2.05. The minimum Gasteiger partial charge on any atom is -0.415 e. The topological polar surface area (TPSA) is 27.7 Å². The molecule has 0 heterocycles. The predicted molar refractivity (Wildman–Crippen MR) is 77.7 cm³/mol. The summed E-state index contributed by atoms with van der Waals surface area (Å²) >= 11 is 0. The van der Waals surface area contributed by atoms with E-state index in [0.29, 0.717) is 0 Å². The number of hydrogen-bond donors (Lipinski definition) is 0. The van der Waals surface area contributed by atoms with E-state index >= 15 is 0 Å². The van der Waals surface area contributed by atoms with Crippen molar-refractivity contribution in [3.05, 3.63) is 0 Å². The Balaban J connectivity index is 4.73. The Morgan fingerprint density at radius 3 is 1.53 bits per heavy atom. The summed E-state index contributed by atoms with van der Waals surface area (Å²) < 4.78 is 18.5. The molecule has 0 fully saturated rings.